The number of phenols is 1. The third-order valence-electron chi connectivity index (χ3n) is 3.18. The Morgan fingerprint density at radius 2 is 1.63 bits per heavy atom. The summed E-state index contributed by atoms with van der Waals surface area (Å²) in [6.45, 7) is 0. The summed E-state index contributed by atoms with van der Waals surface area (Å²) in [6, 6.07) is 7.23. The second-order valence-corrected chi connectivity index (χ2v) is 4.39. The zero-order valence-electron chi connectivity index (χ0n) is 9.81. The summed E-state index contributed by atoms with van der Waals surface area (Å²) >= 11 is 0. The molecule has 2 aromatic rings. The van der Waals surface area contributed by atoms with E-state index in [1.54, 1.807) is 0 Å². The van der Waals surface area contributed by atoms with Crippen LogP contribution >= 0.6 is 0 Å². The standard InChI is InChI=1S/C14H10N2O3/c15-6-4-8-11(9(16)5-6)14(19)12-7(13(8)18)2-1-3-10(12)17/h1-5,17H,15-16H2. The fraction of sp³-hybridized carbons (Fsp3) is 0. The van der Waals surface area contributed by atoms with Crippen molar-refractivity contribution in [3.05, 3.63) is 52.6 Å². The van der Waals surface area contributed by atoms with E-state index < -0.39 is 5.78 Å². The SMILES string of the molecule is Nc1cc(N)c2c(c1)C(=O)c1cccc(O)c1C2=O. The average Bonchev–Trinajstić information content (AvgIpc) is 2.34. The van der Waals surface area contributed by atoms with Crippen molar-refractivity contribution in [1.82, 2.24) is 0 Å². The summed E-state index contributed by atoms with van der Waals surface area (Å²) in [6.07, 6.45) is 0. The van der Waals surface area contributed by atoms with Crippen molar-refractivity contribution in [2.45, 2.75) is 0 Å². The fourth-order valence-electron chi connectivity index (χ4n) is 2.36. The van der Waals surface area contributed by atoms with E-state index >= 15 is 0 Å². The van der Waals surface area contributed by atoms with Crippen LogP contribution in [0.2, 0.25) is 0 Å². The summed E-state index contributed by atoms with van der Waals surface area (Å²) in [5, 5.41) is 9.78. The molecule has 0 spiro atoms. The quantitative estimate of drug-likeness (QED) is 0.525. The predicted octanol–water partition coefficient (Wildman–Crippen LogP) is 1.33. The first-order valence-corrected chi connectivity index (χ1v) is 5.61. The summed E-state index contributed by atoms with van der Waals surface area (Å²) in [5.41, 5.74) is 12.3. The number of anilines is 2. The van der Waals surface area contributed by atoms with E-state index in [0.29, 0.717) is 5.69 Å². The topological polar surface area (TPSA) is 106 Å². The van der Waals surface area contributed by atoms with Gasteiger partial charge in [-0.3, -0.25) is 9.59 Å². The number of carbonyl (C=O) groups excluding carboxylic acids is 2. The molecule has 1 aliphatic carbocycles. The highest BCUT2D eigenvalue weighted by molar-refractivity contribution is 6.31. The molecule has 19 heavy (non-hydrogen) atoms. The van der Waals surface area contributed by atoms with Crippen molar-refractivity contribution in [1.29, 1.82) is 0 Å². The molecule has 3 rings (SSSR count). The first-order valence-electron chi connectivity index (χ1n) is 5.61. The summed E-state index contributed by atoms with van der Waals surface area (Å²) < 4.78 is 0. The van der Waals surface area contributed by atoms with Gasteiger partial charge in [0.15, 0.2) is 11.6 Å². The molecule has 5 nitrogen and oxygen atoms in total. The minimum absolute atomic E-state index is 0.00327. The minimum Gasteiger partial charge on any atom is -0.507 e. The van der Waals surface area contributed by atoms with Crippen molar-refractivity contribution < 1.29 is 14.7 Å². The molecular formula is C14H10N2O3. The number of aromatic hydroxyl groups is 1. The summed E-state index contributed by atoms with van der Waals surface area (Å²) in [4.78, 5) is 24.7. The van der Waals surface area contributed by atoms with Gasteiger partial charge in [0.05, 0.1) is 11.1 Å². The van der Waals surface area contributed by atoms with Gasteiger partial charge in [-0.1, -0.05) is 12.1 Å². The van der Waals surface area contributed by atoms with Crippen LogP contribution in [0.1, 0.15) is 31.8 Å². The number of hydrogen-bond acceptors (Lipinski definition) is 5. The highest BCUT2D eigenvalue weighted by atomic mass is 16.3. The number of benzene rings is 2. The monoisotopic (exact) mass is 254 g/mol. The van der Waals surface area contributed by atoms with Gasteiger partial charge < -0.3 is 16.6 Å². The van der Waals surface area contributed by atoms with Gasteiger partial charge in [-0.25, -0.2) is 0 Å². The molecule has 0 saturated heterocycles. The Kier molecular flexibility index (Phi) is 2.13. The van der Waals surface area contributed by atoms with Crippen LogP contribution in [0.15, 0.2) is 30.3 Å². The van der Waals surface area contributed by atoms with Crippen LogP contribution in [-0.2, 0) is 0 Å². The molecule has 0 unspecified atom stereocenters. The lowest BCUT2D eigenvalue weighted by atomic mass is 9.82. The number of carbonyl (C=O) groups is 2. The Morgan fingerprint density at radius 1 is 0.895 bits per heavy atom. The minimum atomic E-state index is -0.458. The summed E-state index contributed by atoms with van der Waals surface area (Å²) in [5.74, 6) is -1.04. The zero-order chi connectivity index (χ0) is 13.7. The van der Waals surface area contributed by atoms with Crippen LogP contribution in [0.4, 0.5) is 11.4 Å². The van der Waals surface area contributed by atoms with E-state index in [0.717, 1.165) is 0 Å². The van der Waals surface area contributed by atoms with Gasteiger partial charge in [0, 0.05) is 22.5 Å². The van der Waals surface area contributed by atoms with Gasteiger partial charge in [-0.05, 0) is 18.2 Å². The Bertz CT molecular complexity index is 751. The predicted molar refractivity (Wildman–Crippen MR) is 70.2 cm³/mol. The van der Waals surface area contributed by atoms with Crippen LogP contribution in [0, 0.1) is 0 Å². The van der Waals surface area contributed by atoms with Gasteiger partial charge in [-0.2, -0.15) is 0 Å². The van der Waals surface area contributed by atoms with Gasteiger partial charge in [0.1, 0.15) is 5.75 Å². The van der Waals surface area contributed by atoms with Gasteiger partial charge in [-0.15, -0.1) is 0 Å². The first kappa shape index (κ1) is 11.3. The molecule has 5 heteroatoms. The Hall–Kier alpha value is -2.82. The van der Waals surface area contributed by atoms with Gasteiger partial charge in [0.2, 0.25) is 0 Å². The highest BCUT2D eigenvalue weighted by Gasteiger charge is 2.33. The van der Waals surface area contributed by atoms with Crippen molar-refractivity contribution >= 4 is 22.9 Å². The van der Waals surface area contributed by atoms with Crippen LogP contribution < -0.4 is 11.5 Å². The largest absolute Gasteiger partial charge is 0.507 e. The Labute approximate surface area is 108 Å². The maximum atomic E-state index is 12.4. The average molecular weight is 254 g/mol. The molecule has 0 atom stereocenters. The highest BCUT2D eigenvalue weighted by Crippen LogP contribution is 2.35. The van der Waals surface area contributed by atoms with E-state index in [1.807, 2.05) is 0 Å². The molecule has 5 N–H and O–H groups in total. The molecule has 0 fully saturated rings. The molecule has 2 aromatic carbocycles. The molecule has 94 valence electrons. The number of fused-ring (bicyclic) bond motifs is 2. The Morgan fingerprint density at radius 3 is 2.37 bits per heavy atom. The maximum absolute atomic E-state index is 12.4. The number of nitrogen functional groups attached to an aromatic ring is 2. The number of hydrogen-bond donors (Lipinski definition) is 3. The third-order valence-corrected chi connectivity index (χ3v) is 3.18. The second kappa shape index (κ2) is 3.58. The molecular weight excluding hydrogens is 244 g/mol. The van der Waals surface area contributed by atoms with Crippen LogP contribution in [-0.4, -0.2) is 16.7 Å². The molecule has 0 aromatic heterocycles. The van der Waals surface area contributed by atoms with E-state index in [4.69, 9.17) is 11.5 Å². The van der Waals surface area contributed by atoms with Crippen LogP contribution in [0.3, 0.4) is 0 Å². The van der Waals surface area contributed by atoms with Crippen molar-refractivity contribution in [3.63, 3.8) is 0 Å². The van der Waals surface area contributed by atoms with E-state index in [-0.39, 0.29) is 39.5 Å². The van der Waals surface area contributed by atoms with Gasteiger partial charge in [0.25, 0.3) is 0 Å². The molecule has 0 saturated carbocycles. The maximum Gasteiger partial charge on any atom is 0.200 e. The molecule has 0 radical (unpaired) electrons. The van der Waals surface area contributed by atoms with Crippen molar-refractivity contribution in [2.24, 2.45) is 0 Å². The van der Waals surface area contributed by atoms with E-state index in [2.05, 4.69) is 0 Å². The van der Waals surface area contributed by atoms with E-state index in [1.165, 1.54) is 30.3 Å². The first-order chi connectivity index (χ1) is 9.00. The third kappa shape index (κ3) is 1.41. The van der Waals surface area contributed by atoms with Crippen molar-refractivity contribution in [3.8, 4) is 5.75 Å². The van der Waals surface area contributed by atoms with E-state index in [9.17, 15) is 14.7 Å². The smallest absolute Gasteiger partial charge is 0.200 e. The number of ketones is 2. The Balaban J connectivity index is 2.40. The van der Waals surface area contributed by atoms with Crippen LogP contribution in [0.25, 0.3) is 0 Å². The van der Waals surface area contributed by atoms with Crippen molar-refractivity contribution in [2.75, 3.05) is 11.5 Å². The molecule has 0 heterocycles. The fourth-order valence-corrected chi connectivity index (χ4v) is 2.36. The summed E-state index contributed by atoms with van der Waals surface area (Å²) in [7, 11) is 0. The van der Waals surface area contributed by atoms with Crippen LogP contribution in [0.5, 0.6) is 5.75 Å². The lowest BCUT2D eigenvalue weighted by Crippen LogP contribution is -2.22. The number of nitrogens with two attached hydrogens (primary N) is 2. The molecule has 0 aliphatic heterocycles. The molecule has 1 aliphatic rings. The lowest BCUT2D eigenvalue weighted by molar-refractivity contribution is 0.0977. The molecule has 0 bridgehead atoms. The molecule has 0 amide bonds. The number of rotatable bonds is 0. The zero-order valence-corrected chi connectivity index (χ0v) is 9.81. The normalized spacial score (nSPS) is 13.1. The second-order valence-electron chi connectivity index (χ2n) is 4.39. The lowest BCUT2D eigenvalue weighted by Gasteiger charge is -2.20. The van der Waals surface area contributed by atoms with Gasteiger partial charge >= 0.3 is 0 Å². The number of phenolic OH excluding ortho intramolecular Hbond substituents is 1.